The molecule has 0 bridgehead atoms. The number of aryl methyl sites for hydroxylation is 1. The fourth-order valence-electron chi connectivity index (χ4n) is 2.94. The van der Waals surface area contributed by atoms with E-state index in [0.29, 0.717) is 12.5 Å². The van der Waals surface area contributed by atoms with Crippen LogP contribution >= 0.6 is 11.8 Å². The van der Waals surface area contributed by atoms with Crippen molar-refractivity contribution in [3.8, 4) is 6.07 Å². The molecule has 1 aliphatic rings. The first kappa shape index (κ1) is 16.4. The summed E-state index contributed by atoms with van der Waals surface area (Å²) in [4.78, 5) is 4.66. The monoisotopic (exact) mass is 307 g/mol. The van der Waals surface area contributed by atoms with Gasteiger partial charge in [0, 0.05) is 19.3 Å². The number of hydrogen-bond donors (Lipinski definition) is 0. The Morgan fingerprint density at radius 2 is 2.10 bits per heavy atom. The summed E-state index contributed by atoms with van der Waals surface area (Å²) in [5.41, 5.74) is 2.23. The summed E-state index contributed by atoms with van der Waals surface area (Å²) in [5, 5.41) is 10.5. The van der Waals surface area contributed by atoms with Gasteiger partial charge in [0.25, 0.3) is 0 Å². The molecule has 0 radical (unpaired) electrons. The minimum atomic E-state index is 0.0211. The number of ether oxygens (including phenoxy) is 1. The van der Waals surface area contributed by atoms with Crippen molar-refractivity contribution in [2.45, 2.75) is 62.9 Å². The first-order chi connectivity index (χ1) is 10.2. The zero-order chi connectivity index (χ0) is 15.2. The molecule has 0 saturated heterocycles. The summed E-state index contributed by atoms with van der Waals surface area (Å²) in [6.45, 7) is 5.59. The number of nitriles is 1. The summed E-state index contributed by atoms with van der Waals surface area (Å²) in [5.74, 6) is 0.516. The van der Waals surface area contributed by atoms with E-state index in [-0.39, 0.29) is 5.25 Å². The van der Waals surface area contributed by atoms with Crippen molar-refractivity contribution in [1.82, 2.24) is 9.55 Å². The molecule has 0 N–H and O–H groups in total. The van der Waals surface area contributed by atoms with Crippen molar-refractivity contribution in [3.05, 3.63) is 11.4 Å². The molecule has 1 aromatic heterocycles. The molecule has 0 amide bonds. The fourth-order valence-corrected chi connectivity index (χ4v) is 4.23. The predicted molar refractivity (Wildman–Crippen MR) is 85.4 cm³/mol. The Balaban J connectivity index is 2.13. The largest absolute Gasteiger partial charge is 0.383 e. The van der Waals surface area contributed by atoms with Crippen molar-refractivity contribution in [3.63, 3.8) is 0 Å². The summed E-state index contributed by atoms with van der Waals surface area (Å²) >= 11 is 1.64. The molecule has 2 rings (SSSR count). The molecular weight excluding hydrogens is 282 g/mol. The lowest BCUT2D eigenvalue weighted by Crippen LogP contribution is -2.19. The Morgan fingerprint density at radius 3 is 2.71 bits per heavy atom. The average molecular weight is 307 g/mol. The van der Waals surface area contributed by atoms with Crippen LogP contribution in [0.3, 0.4) is 0 Å². The zero-order valence-corrected chi connectivity index (χ0v) is 14.1. The van der Waals surface area contributed by atoms with E-state index < -0.39 is 0 Å². The smallest absolute Gasteiger partial charge is 0.169 e. The van der Waals surface area contributed by atoms with Gasteiger partial charge in [-0.2, -0.15) is 5.26 Å². The van der Waals surface area contributed by atoms with Crippen LogP contribution in [0.5, 0.6) is 0 Å². The van der Waals surface area contributed by atoms with Crippen LogP contribution in [0.4, 0.5) is 0 Å². The summed E-state index contributed by atoms with van der Waals surface area (Å²) < 4.78 is 7.38. The van der Waals surface area contributed by atoms with Crippen molar-refractivity contribution in [1.29, 1.82) is 5.26 Å². The highest BCUT2D eigenvalue weighted by Gasteiger charge is 2.26. The molecule has 1 atom stereocenters. The molecule has 0 spiro atoms. The number of methoxy groups -OCH3 is 1. The maximum atomic E-state index is 9.55. The topological polar surface area (TPSA) is 50.8 Å². The lowest BCUT2D eigenvalue weighted by molar-refractivity contribution is 0.184. The average Bonchev–Trinajstić information content (AvgIpc) is 2.78. The highest BCUT2D eigenvalue weighted by Crippen LogP contribution is 2.36. The molecule has 116 valence electrons. The predicted octanol–water partition coefficient (Wildman–Crippen LogP) is 3.71. The van der Waals surface area contributed by atoms with Gasteiger partial charge in [-0.3, -0.25) is 0 Å². The van der Waals surface area contributed by atoms with Crippen LogP contribution in [0, 0.1) is 31.1 Å². The molecule has 0 aliphatic heterocycles. The van der Waals surface area contributed by atoms with Gasteiger partial charge in [-0.05, 0) is 32.6 Å². The van der Waals surface area contributed by atoms with E-state index in [0.717, 1.165) is 17.4 Å². The van der Waals surface area contributed by atoms with E-state index in [2.05, 4.69) is 22.5 Å². The summed E-state index contributed by atoms with van der Waals surface area (Å²) in [6, 6.07) is 2.51. The molecule has 0 aromatic carbocycles. The third-order valence-corrected chi connectivity index (χ3v) is 5.65. The van der Waals surface area contributed by atoms with E-state index in [9.17, 15) is 5.26 Å². The highest BCUT2D eigenvalue weighted by atomic mass is 32.2. The van der Waals surface area contributed by atoms with Crippen LogP contribution in [0.1, 0.15) is 43.5 Å². The van der Waals surface area contributed by atoms with E-state index in [1.807, 2.05) is 6.92 Å². The molecule has 1 heterocycles. The Morgan fingerprint density at radius 1 is 1.38 bits per heavy atom. The number of imidazole rings is 1. The van der Waals surface area contributed by atoms with Crippen LogP contribution in [0.15, 0.2) is 5.16 Å². The fraction of sp³-hybridized carbons (Fsp3) is 0.750. The van der Waals surface area contributed by atoms with Gasteiger partial charge in [-0.25, -0.2) is 4.98 Å². The molecule has 0 unspecified atom stereocenters. The SMILES string of the molecule is COCCn1c(S[C@@H](C#N)C2CCCCC2)nc(C)c1C. The Hall–Kier alpha value is -0.990. The number of thioether (sulfide) groups is 1. The second-order valence-electron chi connectivity index (χ2n) is 5.78. The Labute approximate surface area is 131 Å². The highest BCUT2D eigenvalue weighted by molar-refractivity contribution is 8.00. The second-order valence-corrected chi connectivity index (χ2v) is 6.88. The molecule has 1 aromatic rings. The third kappa shape index (κ3) is 4.02. The van der Waals surface area contributed by atoms with E-state index >= 15 is 0 Å². The van der Waals surface area contributed by atoms with Gasteiger partial charge in [0.2, 0.25) is 0 Å². The Kier molecular flexibility index (Phi) is 6.13. The quantitative estimate of drug-likeness (QED) is 0.752. The number of nitrogens with zero attached hydrogens (tertiary/aromatic N) is 3. The van der Waals surface area contributed by atoms with E-state index in [1.54, 1.807) is 18.9 Å². The first-order valence-electron chi connectivity index (χ1n) is 7.76. The standard InChI is InChI=1S/C16H25N3OS/c1-12-13(2)19(9-10-20-3)16(18-12)21-15(11-17)14-7-5-4-6-8-14/h14-15H,4-10H2,1-3H3/t15-/m0/s1. The summed E-state index contributed by atoms with van der Waals surface area (Å²) in [7, 11) is 1.71. The molecule has 5 heteroatoms. The van der Waals surface area contributed by atoms with Crippen LogP contribution in [0.2, 0.25) is 0 Å². The van der Waals surface area contributed by atoms with Crippen molar-refractivity contribution in [2.24, 2.45) is 5.92 Å². The van der Waals surface area contributed by atoms with Gasteiger partial charge >= 0.3 is 0 Å². The second kappa shape index (κ2) is 7.86. The molecule has 21 heavy (non-hydrogen) atoms. The lowest BCUT2D eigenvalue weighted by atomic mass is 9.87. The molecule has 4 nitrogen and oxygen atoms in total. The van der Waals surface area contributed by atoms with Crippen LogP contribution in [-0.2, 0) is 11.3 Å². The molecular formula is C16H25N3OS. The molecule has 1 aliphatic carbocycles. The van der Waals surface area contributed by atoms with Crippen molar-refractivity contribution >= 4 is 11.8 Å². The van der Waals surface area contributed by atoms with Gasteiger partial charge in [0.15, 0.2) is 5.16 Å². The van der Waals surface area contributed by atoms with Crippen molar-refractivity contribution < 1.29 is 4.74 Å². The Bertz CT molecular complexity index is 500. The number of rotatable bonds is 6. The lowest BCUT2D eigenvalue weighted by Gasteiger charge is -2.25. The van der Waals surface area contributed by atoms with E-state index in [1.165, 1.54) is 37.8 Å². The van der Waals surface area contributed by atoms with Crippen LogP contribution in [-0.4, -0.2) is 28.5 Å². The van der Waals surface area contributed by atoms with Gasteiger partial charge in [0.1, 0.15) is 5.25 Å². The summed E-state index contributed by atoms with van der Waals surface area (Å²) in [6.07, 6.45) is 6.21. The third-order valence-electron chi connectivity index (χ3n) is 4.38. The zero-order valence-electron chi connectivity index (χ0n) is 13.3. The van der Waals surface area contributed by atoms with Gasteiger partial charge in [-0.1, -0.05) is 31.0 Å². The van der Waals surface area contributed by atoms with E-state index in [4.69, 9.17) is 4.74 Å². The van der Waals surface area contributed by atoms with Gasteiger partial charge in [0.05, 0.1) is 18.4 Å². The maximum absolute atomic E-state index is 9.55. The molecule has 1 saturated carbocycles. The molecule has 1 fully saturated rings. The van der Waals surface area contributed by atoms with Crippen LogP contribution in [0.25, 0.3) is 0 Å². The van der Waals surface area contributed by atoms with Gasteiger partial charge < -0.3 is 9.30 Å². The minimum Gasteiger partial charge on any atom is -0.383 e. The maximum Gasteiger partial charge on any atom is 0.169 e. The first-order valence-corrected chi connectivity index (χ1v) is 8.64. The number of hydrogen-bond acceptors (Lipinski definition) is 4. The number of aromatic nitrogens is 2. The van der Waals surface area contributed by atoms with Gasteiger partial charge in [-0.15, -0.1) is 0 Å². The normalized spacial score (nSPS) is 17.6. The van der Waals surface area contributed by atoms with Crippen LogP contribution < -0.4 is 0 Å². The minimum absolute atomic E-state index is 0.0211. The van der Waals surface area contributed by atoms with Crippen molar-refractivity contribution in [2.75, 3.05) is 13.7 Å².